The second-order valence-corrected chi connectivity index (χ2v) is 18.6. The van der Waals surface area contributed by atoms with E-state index in [1.165, 1.54) is 87.4 Å². The number of nitrogens with zero attached hydrogens (tertiary/aromatic N) is 6. The Morgan fingerprint density at radius 2 is 0.892 bits per heavy atom. The van der Waals surface area contributed by atoms with Crippen molar-refractivity contribution >= 4 is 49.9 Å². The van der Waals surface area contributed by atoms with Gasteiger partial charge in [-0.05, 0) is 82.9 Å². The molecular formula is C46H36F8N8O10S2. The first-order chi connectivity index (χ1) is 34.5. The molecule has 18 nitrogen and oxygen atoms in total. The van der Waals surface area contributed by atoms with Crippen molar-refractivity contribution in [3.63, 3.8) is 0 Å². The van der Waals surface area contributed by atoms with E-state index < -0.39 is 83.2 Å². The maximum absolute atomic E-state index is 14.7. The number of rotatable bonds is 10. The number of amides is 2. The van der Waals surface area contributed by atoms with E-state index in [1.54, 1.807) is 24.3 Å². The molecule has 0 spiro atoms. The Morgan fingerprint density at radius 3 is 1.15 bits per heavy atom. The van der Waals surface area contributed by atoms with Crippen molar-refractivity contribution in [3.05, 3.63) is 168 Å². The molecule has 0 bridgehead atoms. The first-order valence-corrected chi connectivity index (χ1v) is 23.4. The van der Waals surface area contributed by atoms with Crippen molar-refractivity contribution in [2.75, 3.05) is 14.1 Å². The summed E-state index contributed by atoms with van der Waals surface area (Å²) in [4.78, 5) is 54.5. The van der Waals surface area contributed by atoms with Crippen LogP contribution in [0.4, 0.5) is 35.1 Å². The number of carbonyl (C=O) groups excluding carboxylic acids is 2. The molecule has 4 heterocycles. The fourth-order valence-corrected chi connectivity index (χ4v) is 8.12. The van der Waals surface area contributed by atoms with Crippen LogP contribution in [0.5, 0.6) is 11.5 Å². The number of guanidine groups is 2. The van der Waals surface area contributed by atoms with E-state index in [0.717, 1.165) is 53.1 Å². The van der Waals surface area contributed by atoms with Crippen molar-refractivity contribution in [1.82, 2.24) is 19.8 Å². The molecule has 388 valence electrons. The lowest BCUT2D eigenvalue weighted by atomic mass is 9.81. The summed E-state index contributed by atoms with van der Waals surface area (Å²) >= 11 is 0. The minimum Gasteiger partial charge on any atom is -0.481 e. The number of aliphatic carboxylic acids is 1. The molecule has 8 rings (SSSR count). The third kappa shape index (κ3) is 10.8. The van der Waals surface area contributed by atoms with Gasteiger partial charge in [0.2, 0.25) is 0 Å². The quantitative estimate of drug-likeness (QED) is 0.0763. The topological polar surface area (TPSA) is 267 Å². The van der Waals surface area contributed by atoms with Gasteiger partial charge in [-0.1, -0.05) is 48.5 Å². The molecule has 2 aromatic heterocycles. The zero-order chi connectivity index (χ0) is 54.8. The highest BCUT2D eigenvalue weighted by molar-refractivity contribution is 7.88. The molecule has 0 aliphatic carbocycles. The standard InChI is InChI=1S/2C22H16F4N4O4S.C2H4O2/c2*1-30-19(31)21(29-20(30)27,14-4-7-16(8-5-14)34-35(32,33)22(24,25)26)15-6-9-18(23)17(11-15)13-3-2-10-28-12-13;1-2(3)4/h2*2-12H,1H3,(H2,27,29);1H3,(H,3,4). The Bertz CT molecular complexity index is 3190. The van der Waals surface area contributed by atoms with E-state index in [-0.39, 0.29) is 45.3 Å². The number of carboxylic acid groups (broad SMARTS) is 1. The highest BCUT2D eigenvalue weighted by atomic mass is 32.2. The fourth-order valence-electron chi connectivity index (χ4n) is 7.21. The number of hydrogen-bond acceptors (Lipinski definition) is 15. The number of halogens is 8. The SMILES string of the molecule is CC(=O)O.CN1C(=O)C(c2ccc(OS(=O)(=O)C(F)(F)F)cc2)(c2ccc(F)c(-c3cccnc3)c2)N=C1N.CN1C(=O)C(c2ccc(OS(=O)(=O)C(F)(F)F)cc2)(c2ccc(F)c(-c3cccnc3)c2)N=C1N. The number of pyridine rings is 2. The Balaban J connectivity index is 0.000000225. The molecular weight excluding hydrogens is 1040 g/mol. The van der Waals surface area contributed by atoms with Gasteiger partial charge in [-0.15, -0.1) is 0 Å². The molecule has 4 aromatic carbocycles. The molecule has 0 saturated carbocycles. The lowest BCUT2D eigenvalue weighted by molar-refractivity contribution is -0.134. The fraction of sp³-hybridized carbons (Fsp3) is 0.152. The predicted molar refractivity (Wildman–Crippen MR) is 247 cm³/mol. The summed E-state index contributed by atoms with van der Waals surface area (Å²) in [6, 6.07) is 22.7. The van der Waals surface area contributed by atoms with E-state index in [1.807, 2.05) is 0 Å². The molecule has 74 heavy (non-hydrogen) atoms. The van der Waals surface area contributed by atoms with E-state index in [9.17, 15) is 61.5 Å². The van der Waals surface area contributed by atoms with Crippen LogP contribution in [-0.4, -0.2) is 96.5 Å². The summed E-state index contributed by atoms with van der Waals surface area (Å²) in [5, 5.41) is 7.42. The molecule has 0 radical (unpaired) electrons. The second kappa shape index (κ2) is 20.5. The maximum Gasteiger partial charge on any atom is 0.534 e. The minimum atomic E-state index is -5.89. The van der Waals surface area contributed by atoms with Gasteiger partial charge in [0, 0.05) is 68.1 Å². The smallest absolute Gasteiger partial charge is 0.481 e. The van der Waals surface area contributed by atoms with Crippen LogP contribution in [0.1, 0.15) is 29.2 Å². The molecule has 6 aromatic rings. The Morgan fingerprint density at radius 1 is 0.581 bits per heavy atom. The van der Waals surface area contributed by atoms with E-state index in [0.29, 0.717) is 11.1 Å². The average molecular weight is 1080 g/mol. The normalized spacial score (nSPS) is 17.8. The zero-order valence-electron chi connectivity index (χ0n) is 38.0. The van der Waals surface area contributed by atoms with Crippen LogP contribution in [0.25, 0.3) is 22.3 Å². The lowest BCUT2D eigenvalue weighted by Gasteiger charge is -2.27. The number of hydrogen-bond donors (Lipinski definition) is 3. The predicted octanol–water partition coefficient (Wildman–Crippen LogP) is 6.38. The highest BCUT2D eigenvalue weighted by Gasteiger charge is 2.53. The van der Waals surface area contributed by atoms with Gasteiger partial charge >= 0.3 is 31.3 Å². The van der Waals surface area contributed by atoms with Gasteiger partial charge in [0.15, 0.2) is 23.0 Å². The van der Waals surface area contributed by atoms with Gasteiger partial charge in [-0.25, -0.2) is 18.8 Å². The number of nitrogens with two attached hydrogens (primary N) is 2. The Hall–Kier alpha value is -8.53. The molecule has 2 amide bonds. The second-order valence-electron chi connectivity index (χ2n) is 15.5. The summed E-state index contributed by atoms with van der Waals surface area (Å²) in [5.41, 5.74) is -1.25. The highest BCUT2D eigenvalue weighted by Crippen LogP contribution is 2.44. The number of alkyl halides is 6. The average Bonchev–Trinajstić information content (AvgIpc) is 3.71. The number of likely N-dealkylation sites (N-methyl/N-ethyl adjacent to an activating group) is 2. The molecule has 2 aliphatic heterocycles. The third-order valence-electron chi connectivity index (χ3n) is 10.7. The van der Waals surface area contributed by atoms with E-state index >= 15 is 0 Å². The minimum absolute atomic E-state index is 0.127. The largest absolute Gasteiger partial charge is 0.534 e. The molecule has 2 unspecified atom stereocenters. The van der Waals surface area contributed by atoms with Gasteiger partial charge in [0.1, 0.15) is 23.1 Å². The molecule has 0 saturated heterocycles. The van der Waals surface area contributed by atoms with E-state index in [4.69, 9.17) is 21.4 Å². The van der Waals surface area contributed by atoms with Gasteiger partial charge in [-0.2, -0.15) is 43.2 Å². The number of aliphatic imine (C=N–C) groups is 2. The molecule has 28 heteroatoms. The van der Waals surface area contributed by atoms with Gasteiger partial charge < -0.3 is 24.9 Å². The number of carbonyl (C=O) groups is 3. The van der Waals surface area contributed by atoms with Crippen LogP contribution >= 0.6 is 0 Å². The Kier molecular flexibility index (Phi) is 15.2. The van der Waals surface area contributed by atoms with Crippen LogP contribution in [0.3, 0.4) is 0 Å². The lowest BCUT2D eigenvalue weighted by Crippen LogP contribution is -2.41. The van der Waals surface area contributed by atoms with Crippen molar-refractivity contribution in [1.29, 1.82) is 0 Å². The summed E-state index contributed by atoms with van der Waals surface area (Å²) in [6.07, 6.45) is 5.89. The van der Waals surface area contributed by atoms with Gasteiger partial charge in [-0.3, -0.25) is 34.2 Å². The first kappa shape index (κ1) is 54.8. The van der Waals surface area contributed by atoms with Crippen LogP contribution in [0.2, 0.25) is 0 Å². The molecule has 0 fully saturated rings. The van der Waals surface area contributed by atoms with Gasteiger partial charge in [0.05, 0.1) is 0 Å². The number of carboxylic acids is 1. The van der Waals surface area contributed by atoms with Gasteiger partial charge in [0.25, 0.3) is 17.8 Å². The monoisotopic (exact) mass is 1080 g/mol. The van der Waals surface area contributed by atoms with Crippen molar-refractivity contribution in [2.45, 2.75) is 29.0 Å². The number of benzene rings is 4. The van der Waals surface area contributed by atoms with Crippen LogP contribution in [0.15, 0.2) is 144 Å². The van der Waals surface area contributed by atoms with Crippen LogP contribution in [0, 0.1) is 11.6 Å². The first-order valence-electron chi connectivity index (χ1n) is 20.6. The molecule has 2 atom stereocenters. The van der Waals surface area contributed by atoms with Crippen molar-refractivity contribution in [2.24, 2.45) is 21.5 Å². The van der Waals surface area contributed by atoms with E-state index in [2.05, 4.69) is 28.3 Å². The zero-order valence-corrected chi connectivity index (χ0v) is 39.6. The van der Waals surface area contributed by atoms with Crippen molar-refractivity contribution in [3.8, 4) is 33.8 Å². The summed E-state index contributed by atoms with van der Waals surface area (Å²) < 4.78 is 159. The molecule has 5 N–H and O–H groups in total. The summed E-state index contributed by atoms with van der Waals surface area (Å²) in [6.45, 7) is 1.08. The van der Waals surface area contributed by atoms with Crippen LogP contribution < -0.4 is 19.8 Å². The maximum atomic E-state index is 14.7. The number of aromatic nitrogens is 2. The van der Waals surface area contributed by atoms with Crippen LogP contribution in [-0.2, 0) is 45.7 Å². The third-order valence-corrected chi connectivity index (χ3v) is 12.7. The summed E-state index contributed by atoms with van der Waals surface area (Å²) in [7, 11) is -9.03. The Labute approximate surface area is 414 Å². The summed E-state index contributed by atoms with van der Waals surface area (Å²) in [5.74, 6) is -4.81. The molecule has 2 aliphatic rings. The van der Waals surface area contributed by atoms with Crippen molar-refractivity contribution < 1.29 is 79.8 Å².